The first-order valence-electron chi connectivity index (χ1n) is 18.1. The van der Waals surface area contributed by atoms with Gasteiger partial charge in [-0.3, -0.25) is 9.98 Å². The molecule has 2 N–H and O–H groups in total. The van der Waals surface area contributed by atoms with E-state index in [0.717, 1.165) is 139 Å². The maximum atomic E-state index is 11.1. The van der Waals surface area contributed by atoms with Crippen molar-refractivity contribution in [2.45, 2.75) is 156 Å². The van der Waals surface area contributed by atoms with Crippen molar-refractivity contribution in [2.75, 3.05) is 0 Å². The van der Waals surface area contributed by atoms with Crippen molar-refractivity contribution in [3.8, 4) is 11.5 Å². The molecule has 2 atom stereocenters. The number of hydrogen-bond acceptors (Lipinski definition) is 8. The van der Waals surface area contributed by atoms with Crippen LogP contribution < -0.4 is 10.2 Å². The molecule has 2 aromatic rings. The number of carbonyl (C=O) groups excluding carboxylic acids is 2. The van der Waals surface area contributed by atoms with Crippen LogP contribution in [0, 0.1) is 0 Å². The van der Waals surface area contributed by atoms with Crippen molar-refractivity contribution in [3.63, 3.8) is 0 Å². The predicted octanol–water partition coefficient (Wildman–Crippen LogP) is 6.83. The molecule has 1 saturated carbocycles. The van der Waals surface area contributed by atoms with Gasteiger partial charge in [-0.25, -0.2) is 0 Å². The normalized spacial score (nSPS) is 15.6. The number of phenolic OH excluding ortho intramolecular Hbond substituents is 2. The number of rotatable bonds is 16. The fraction of sp³-hybridized carbons (Fsp3) is 0.600. The molecule has 1 radical (unpaired) electrons. The molecule has 1 fully saturated rings. The first-order chi connectivity index (χ1) is 23.0. The molecule has 49 heavy (non-hydrogen) atoms. The number of phenols is 2. The SMILES string of the molecule is CC(=O)[O-].CC(=O)[O-].CCCCc1cc(C=NC2CCCCC2N=Cc2cc(CCCC)cc(CCCC)c2O)c(O)c(CCCC)c1.[Co+2]. The number of nitrogens with zero attached hydrogens (tertiary/aromatic N) is 2. The maximum absolute atomic E-state index is 11.1. The van der Waals surface area contributed by atoms with Gasteiger partial charge < -0.3 is 30.0 Å². The van der Waals surface area contributed by atoms with Gasteiger partial charge in [0.2, 0.25) is 0 Å². The van der Waals surface area contributed by atoms with Gasteiger partial charge in [0.25, 0.3) is 0 Å². The van der Waals surface area contributed by atoms with Crippen molar-refractivity contribution in [2.24, 2.45) is 9.98 Å². The van der Waals surface area contributed by atoms with Crippen molar-refractivity contribution < 1.29 is 46.8 Å². The van der Waals surface area contributed by atoms with Crippen LogP contribution in [0.1, 0.15) is 152 Å². The molecule has 0 aliphatic heterocycles. The number of aryl methyl sites for hydroxylation is 4. The Bertz CT molecular complexity index is 1200. The Hall–Kier alpha value is -3.17. The Morgan fingerprint density at radius 3 is 1.27 bits per heavy atom. The third kappa shape index (κ3) is 19.0. The van der Waals surface area contributed by atoms with E-state index in [1.54, 1.807) is 0 Å². The molecule has 1 aliphatic carbocycles. The van der Waals surface area contributed by atoms with Crippen molar-refractivity contribution in [1.82, 2.24) is 0 Å². The number of unbranched alkanes of at least 4 members (excludes halogenated alkanes) is 4. The summed E-state index contributed by atoms with van der Waals surface area (Å²) in [6.45, 7) is 10.8. The van der Waals surface area contributed by atoms with Gasteiger partial charge in [0.1, 0.15) is 11.5 Å². The van der Waals surface area contributed by atoms with Crippen LogP contribution in [0.5, 0.6) is 11.5 Å². The molecule has 0 spiro atoms. The molecule has 0 saturated heterocycles. The van der Waals surface area contributed by atoms with Crippen molar-refractivity contribution in [1.29, 1.82) is 0 Å². The molecule has 1 aliphatic rings. The number of carboxylic acids is 2. The Morgan fingerprint density at radius 2 is 0.959 bits per heavy atom. The standard InChI is InChI=1S/C36H54N2O2.2C2H4O2.Co/c1-5-9-15-27-21-29(17-11-7-3)35(39)31(23-27)25-37-33-19-13-14-20-34(33)38-26-32-24-28(16-10-6-2)22-30(36(32)40)18-12-8-4;2*1-2(3)4;/h21-26,33-34,39-40H,5-20H2,1-4H3;2*1H3,(H,3,4);/q;;;+2/p-2. The Balaban J connectivity index is 0.00000230. The number of aliphatic carboxylic acids is 2. The zero-order valence-electron chi connectivity index (χ0n) is 30.7. The molecule has 2 unspecified atom stereocenters. The van der Waals surface area contributed by atoms with Crippen LogP contribution in [-0.2, 0) is 52.1 Å². The van der Waals surface area contributed by atoms with Gasteiger partial charge in [-0.2, -0.15) is 0 Å². The van der Waals surface area contributed by atoms with Crippen LogP contribution in [0.4, 0.5) is 0 Å². The average Bonchev–Trinajstić information content (AvgIpc) is 3.04. The second-order valence-electron chi connectivity index (χ2n) is 12.8. The summed E-state index contributed by atoms with van der Waals surface area (Å²) in [5.74, 6) is -1.39. The summed E-state index contributed by atoms with van der Waals surface area (Å²) in [6, 6.07) is 8.83. The molecule has 275 valence electrons. The van der Waals surface area contributed by atoms with Crippen LogP contribution in [0.25, 0.3) is 0 Å². The minimum atomic E-state index is -1.08. The van der Waals surface area contributed by atoms with E-state index in [-0.39, 0.29) is 28.9 Å². The Morgan fingerprint density at radius 1 is 0.653 bits per heavy atom. The third-order valence-corrected chi connectivity index (χ3v) is 8.30. The van der Waals surface area contributed by atoms with Crippen LogP contribution in [0.15, 0.2) is 34.3 Å². The van der Waals surface area contributed by atoms with E-state index < -0.39 is 11.9 Å². The number of carboxylic acid groups (broad SMARTS) is 2. The van der Waals surface area contributed by atoms with Gasteiger partial charge in [-0.15, -0.1) is 0 Å². The molecule has 0 aromatic heterocycles. The summed E-state index contributed by atoms with van der Waals surface area (Å²) in [5, 5.41) is 39.9. The van der Waals surface area contributed by atoms with Gasteiger partial charge in [0.15, 0.2) is 0 Å². The molecule has 8 nitrogen and oxygen atoms in total. The molecule has 2 aromatic carbocycles. The van der Waals surface area contributed by atoms with Gasteiger partial charge in [0, 0.05) is 35.5 Å². The molecule has 0 bridgehead atoms. The second-order valence-corrected chi connectivity index (χ2v) is 12.8. The summed E-state index contributed by atoms with van der Waals surface area (Å²) in [4.78, 5) is 27.8. The number of aromatic hydroxyl groups is 2. The van der Waals surface area contributed by atoms with E-state index in [2.05, 4.69) is 52.0 Å². The van der Waals surface area contributed by atoms with E-state index in [1.165, 1.54) is 11.1 Å². The molecular formula is C40H60CoN2O6. The van der Waals surface area contributed by atoms with Crippen LogP contribution in [-0.4, -0.2) is 46.7 Å². The molecule has 0 heterocycles. The second kappa shape index (κ2) is 26.7. The number of hydrogen-bond donors (Lipinski definition) is 2. The van der Waals surface area contributed by atoms with E-state index >= 15 is 0 Å². The smallest absolute Gasteiger partial charge is 0.550 e. The summed E-state index contributed by atoms with van der Waals surface area (Å²) >= 11 is 0. The quantitative estimate of drug-likeness (QED) is 0.182. The van der Waals surface area contributed by atoms with Crippen molar-refractivity contribution >= 4 is 24.4 Å². The topological polar surface area (TPSA) is 145 Å². The average molecular weight is 724 g/mol. The summed E-state index contributed by atoms with van der Waals surface area (Å²) in [7, 11) is 0. The first-order valence-corrected chi connectivity index (χ1v) is 18.1. The van der Waals surface area contributed by atoms with Crippen LogP contribution in [0.3, 0.4) is 0 Å². The van der Waals surface area contributed by atoms with Gasteiger partial charge in [-0.1, -0.05) is 78.4 Å². The zero-order chi connectivity index (χ0) is 35.9. The monoisotopic (exact) mass is 723 g/mol. The summed E-state index contributed by atoms with van der Waals surface area (Å²) < 4.78 is 0. The fourth-order valence-electron chi connectivity index (χ4n) is 5.73. The van der Waals surface area contributed by atoms with Gasteiger partial charge >= 0.3 is 16.8 Å². The summed E-state index contributed by atoms with van der Waals surface area (Å²) in [5.41, 5.74) is 6.37. The fourth-order valence-corrected chi connectivity index (χ4v) is 5.73. The van der Waals surface area contributed by atoms with Crippen molar-refractivity contribution in [3.05, 3.63) is 57.6 Å². The number of carbonyl (C=O) groups is 2. The van der Waals surface area contributed by atoms with Crippen LogP contribution in [0.2, 0.25) is 0 Å². The van der Waals surface area contributed by atoms with Gasteiger partial charge in [0.05, 0.1) is 12.1 Å². The molecule has 0 amide bonds. The Kier molecular flexibility index (Phi) is 24.9. The maximum Gasteiger partial charge on any atom is 2.00 e. The van der Waals surface area contributed by atoms with E-state index in [0.29, 0.717) is 11.5 Å². The predicted molar refractivity (Wildman–Crippen MR) is 193 cm³/mol. The minimum Gasteiger partial charge on any atom is -0.550 e. The first kappa shape index (κ1) is 45.8. The molecule has 9 heteroatoms. The minimum absolute atomic E-state index is 0. The third-order valence-electron chi connectivity index (χ3n) is 8.30. The molecular weight excluding hydrogens is 663 g/mol. The van der Waals surface area contributed by atoms with Crippen LogP contribution >= 0.6 is 0 Å². The summed E-state index contributed by atoms with van der Waals surface area (Å²) in [6.07, 6.45) is 21.0. The Labute approximate surface area is 305 Å². The zero-order valence-corrected chi connectivity index (χ0v) is 31.7. The van der Waals surface area contributed by atoms with Gasteiger partial charge in [-0.05, 0) is 112 Å². The van der Waals surface area contributed by atoms with E-state index in [9.17, 15) is 10.2 Å². The van der Waals surface area contributed by atoms with E-state index in [1.807, 2.05) is 12.4 Å². The van der Waals surface area contributed by atoms with E-state index in [4.69, 9.17) is 29.8 Å². The number of benzene rings is 2. The number of aliphatic imine (C=N–C) groups is 2. The molecule has 3 rings (SSSR count). The largest absolute Gasteiger partial charge is 2.00 e.